The molecular weight excluding hydrogens is 270 g/mol. The Bertz CT molecular complexity index is 479. The zero-order valence-electron chi connectivity index (χ0n) is 11.9. The fraction of sp³-hybridized carbons (Fsp3) is 0.500. The van der Waals surface area contributed by atoms with Gasteiger partial charge in [-0.3, -0.25) is 9.59 Å². The highest BCUT2D eigenvalue weighted by Gasteiger charge is 2.15. The van der Waals surface area contributed by atoms with Gasteiger partial charge in [0.1, 0.15) is 0 Å². The van der Waals surface area contributed by atoms with Gasteiger partial charge in [-0.15, -0.1) is 11.8 Å². The molecule has 0 spiro atoms. The third kappa shape index (κ3) is 4.37. The summed E-state index contributed by atoms with van der Waals surface area (Å²) in [6.45, 7) is 3.35. The molecule has 108 valence electrons. The van der Waals surface area contributed by atoms with Crippen LogP contribution in [0.4, 0.5) is 0 Å². The minimum atomic E-state index is 0.0614. The minimum absolute atomic E-state index is 0.0614. The molecule has 0 atom stereocenters. The Hall–Kier alpha value is -1.29. The van der Waals surface area contributed by atoms with Crippen LogP contribution in [-0.2, 0) is 4.79 Å². The van der Waals surface area contributed by atoms with E-state index < -0.39 is 0 Å². The van der Waals surface area contributed by atoms with Gasteiger partial charge in [-0.05, 0) is 31.9 Å². The summed E-state index contributed by atoms with van der Waals surface area (Å²) < 4.78 is 0. The molecule has 0 aliphatic carbocycles. The quantitative estimate of drug-likeness (QED) is 0.630. The summed E-state index contributed by atoms with van der Waals surface area (Å²) in [6.07, 6.45) is 4.71. The minimum Gasteiger partial charge on any atom is -0.342 e. The van der Waals surface area contributed by atoms with Gasteiger partial charge in [0.05, 0.1) is 5.75 Å². The van der Waals surface area contributed by atoms with Gasteiger partial charge in [0.25, 0.3) is 0 Å². The van der Waals surface area contributed by atoms with E-state index in [1.165, 1.54) is 24.6 Å². The number of carbonyl (C=O) groups is 2. The molecular formula is C16H21NO2S. The number of hydrogen-bond acceptors (Lipinski definition) is 3. The molecule has 0 unspecified atom stereocenters. The van der Waals surface area contributed by atoms with Gasteiger partial charge < -0.3 is 4.90 Å². The molecule has 0 saturated carbocycles. The molecule has 20 heavy (non-hydrogen) atoms. The lowest BCUT2D eigenvalue weighted by Crippen LogP contribution is -2.33. The van der Waals surface area contributed by atoms with E-state index in [1.807, 2.05) is 29.2 Å². The predicted octanol–water partition coefficient (Wildman–Crippen LogP) is 3.38. The number of rotatable bonds is 4. The highest BCUT2D eigenvalue weighted by atomic mass is 32.2. The third-order valence-corrected chi connectivity index (χ3v) is 4.54. The summed E-state index contributed by atoms with van der Waals surface area (Å²) in [5.74, 6) is 0.734. The van der Waals surface area contributed by atoms with E-state index in [9.17, 15) is 9.59 Å². The van der Waals surface area contributed by atoms with Gasteiger partial charge in [-0.2, -0.15) is 0 Å². The lowest BCUT2D eigenvalue weighted by Gasteiger charge is -2.20. The summed E-state index contributed by atoms with van der Waals surface area (Å²) in [5.41, 5.74) is 0.706. The molecule has 2 rings (SSSR count). The molecule has 0 aromatic heterocycles. The first-order valence-electron chi connectivity index (χ1n) is 7.18. The molecule has 1 aromatic rings. The fourth-order valence-corrected chi connectivity index (χ4v) is 3.22. The summed E-state index contributed by atoms with van der Waals surface area (Å²) in [6, 6.07) is 7.49. The second-order valence-corrected chi connectivity index (χ2v) is 6.22. The number of Topliss-reactive ketones (excluding diaryl/α,β-unsaturated/α-hetero) is 1. The largest absolute Gasteiger partial charge is 0.342 e. The summed E-state index contributed by atoms with van der Waals surface area (Å²) in [7, 11) is 0. The van der Waals surface area contributed by atoms with Crippen molar-refractivity contribution in [3.05, 3.63) is 29.8 Å². The molecule has 1 heterocycles. The Labute approximate surface area is 124 Å². The van der Waals surface area contributed by atoms with Crippen molar-refractivity contribution in [1.82, 2.24) is 4.90 Å². The van der Waals surface area contributed by atoms with Crippen molar-refractivity contribution in [3.63, 3.8) is 0 Å². The maximum atomic E-state index is 12.2. The summed E-state index contributed by atoms with van der Waals surface area (Å²) in [4.78, 5) is 26.5. The van der Waals surface area contributed by atoms with Crippen LogP contribution in [0.1, 0.15) is 43.0 Å². The van der Waals surface area contributed by atoms with E-state index >= 15 is 0 Å². The van der Waals surface area contributed by atoms with Gasteiger partial charge in [0.2, 0.25) is 5.91 Å². The standard InChI is InChI=1S/C16H21NO2S/c1-13(18)14-7-6-8-15(11-14)20-12-16(19)17-9-4-2-3-5-10-17/h6-8,11H,2-5,9-10,12H2,1H3. The lowest BCUT2D eigenvalue weighted by molar-refractivity contribution is -0.128. The topological polar surface area (TPSA) is 37.4 Å². The zero-order chi connectivity index (χ0) is 14.4. The maximum Gasteiger partial charge on any atom is 0.232 e. The van der Waals surface area contributed by atoms with Crippen LogP contribution >= 0.6 is 11.8 Å². The number of likely N-dealkylation sites (tertiary alicyclic amines) is 1. The molecule has 1 fully saturated rings. The van der Waals surface area contributed by atoms with Crippen LogP contribution in [0, 0.1) is 0 Å². The number of amides is 1. The van der Waals surface area contributed by atoms with E-state index in [-0.39, 0.29) is 11.7 Å². The van der Waals surface area contributed by atoms with Crippen LogP contribution in [0.3, 0.4) is 0 Å². The van der Waals surface area contributed by atoms with Gasteiger partial charge in [0.15, 0.2) is 5.78 Å². The van der Waals surface area contributed by atoms with Crippen molar-refractivity contribution in [3.8, 4) is 0 Å². The van der Waals surface area contributed by atoms with E-state index in [2.05, 4.69) is 0 Å². The van der Waals surface area contributed by atoms with E-state index in [1.54, 1.807) is 6.92 Å². The van der Waals surface area contributed by atoms with Crippen molar-refractivity contribution in [2.24, 2.45) is 0 Å². The Kier molecular flexibility index (Phi) is 5.65. The normalized spacial score (nSPS) is 15.8. The maximum absolute atomic E-state index is 12.2. The number of nitrogens with zero attached hydrogens (tertiary/aromatic N) is 1. The summed E-state index contributed by atoms with van der Waals surface area (Å²) >= 11 is 1.52. The first kappa shape index (κ1) is 15.1. The predicted molar refractivity (Wildman–Crippen MR) is 82.2 cm³/mol. The molecule has 1 saturated heterocycles. The van der Waals surface area contributed by atoms with Crippen LogP contribution in [0.25, 0.3) is 0 Å². The SMILES string of the molecule is CC(=O)c1cccc(SCC(=O)N2CCCCCC2)c1. The van der Waals surface area contributed by atoms with Crippen LogP contribution in [0.15, 0.2) is 29.2 Å². The molecule has 0 radical (unpaired) electrons. The van der Waals surface area contributed by atoms with Crippen molar-refractivity contribution in [1.29, 1.82) is 0 Å². The number of hydrogen-bond donors (Lipinski definition) is 0. The Balaban J connectivity index is 1.89. The smallest absolute Gasteiger partial charge is 0.232 e. The second-order valence-electron chi connectivity index (χ2n) is 5.17. The van der Waals surface area contributed by atoms with Crippen molar-refractivity contribution in [2.75, 3.05) is 18.8 Å². The van der Waals surface area contributed by atoms with Crippen LogP contribution in [0.2, 0.25) is 0 Å². The zero-order valence-corrected chi connectivity index (χ0v) is 12.7. The van der Waals surface area contributed by atoms with Gasteiger partial charge >= 0.3 is 0 Å². The van der Waals surface area contributed by atoms with Gasteiger partial charge in [-0.1, -0.05) is 25.0 Å². The Morgan fingerprint density at radius 3 is 2.50 bits per heavy atom. The molecule has 4 heteroatoms. The molecule has 1 aliphatic rings. The van der Waals surface area contributed by atoms with E-state index in [4.69, 9.17) is 0 Å². The molecule has 1 amide bonds. The van der Waals surface area contributed by atoms with Crippen LogP contribution < -0.4 is 0 Å². The highest BCUT2D eigenvalue weighted by Crippen LogP contribution is 2.20. The van der Waals surface area contributed by atoms with Gasteiger partial charge in [-0.25, -0.2) is 0 Å². The van der Waals surface area contributed by atoms with Crippen molar-refractivity contribution in [2.45, 2.75) is 37.5 Å². The summed E-state index contributed by atoms with van der Waals surface area (Å²) in [5, 5.41) is 0. The van der Waals surface area contributed by atoms with Gasteiger partial charge in [0, 0.05) is 23.5 Å². The monoisotopic (exact) mass is 291 g/mol. The molecule has 3 nitrogen and oxygen atoms in total. The number of thioether (sulfide) groups is 1. The number of carbonyl (C=O) groups excluding carboxylic acids is 2. The highest BCUT2D eigenvalue weighted by molar-refractivity contribution is 8.00. The second kappa shape index (κ2) is 7.48. The van der Waals surface area contributed by atoms with Crippen molar-refractivity contribution < 1.29 is 9.59 Å². The van der Waals surface area contributed by atoms with Crippen LogP contribution in [-0.4, -0.2) is 35.4 Å². The molecule has 1 aromatic carbocycles. The first-order valence-corrected chi connectivity index (χ1v) is 8.17. The average molecular weight is 291 g/mol. The van der Waals surface area contributed by atoms with E-state index in [0.717, 1.165) is 30.8 Å². The Morgan fingerprint density at radius 1 is 1.15 bits per heavy atom. The van der Waals surface area contributed by atoms with Crippen molar-refractivity contribution >= 4 is 23.5 Å². The molecule has 0 N–H and O–H groups in total. The van der Waals surface area contributed by atoms with Crippen LogP contribution in [0.5, 0.6) is 0 Å². The lowest BCUT2D eigenvalue weighted by atomic mass is 10.2. The van der Waals surface area contributed by atoms with E-state index in [0.29, 0.717) is 11.3 Å². The first-order chi connectivity index (χ1) is 9.66. The fourth-order valence-electron chi connectivity index (χ4n) is 2.36. The molecule has 0 bridgehead atoms. The Morgan fingerprint density at radius 2 is 1.85 bits per heavy atom. The molecule has 1 aliphatic heterocycles. The number of ketones is 1. The third-order valence-electron chi connectivity index (χ3n) is 3.56. The number of benzene rings is 1. The average Bonchev–Trinajstić information content (AvgIpc) is 2.74.